The first-order chi connectivity index (χ1) is 35.8. The van der Waals surface area contributed by atoms with Gasteiger partial charge in [0.25, 0.3) is 0 Å². The second kappa shape index (κ2) is 35.4. The zero-order valence-electron chi connectivity index (χ0n) is 44.3. The van der Waals surface area contributed by atoms with Crippen LogP contribution < -0.4 is 21.3 Å². The normalized spacial score (nSPS) is 30.8. The van der Waals surface area contributed by atoms with E-state index in [2.05, 4.69) is 21.3 Å². The van der Waals surface area contributed by atoms with E-state index in [4.69, 9.17) is 33.2 Å². The number of ketones is 1. The van der Waals surface area contributed by atoms with Crippen LogP contribution in [0, 0.1) is 17.8 Å². The molecule has 25 heteroatoms. The molecule has 6 unspecified atom stereocenters. The number of carbonyl (C=O) groups is 5. The highest BCUT2D eigenvalue weighted by Gasteiger charge is 2.45. The summed E-state index contributed by atoms with van der Waals surface area (Å²) in [5.41, 5.74) is -1.24. The van der Waals surface area contributed by atoms with Crippen LogP contribution in [0.15, 0.2) is 0 Å². The van der Waals surface area contributed by atoms with Crippen LogP contribution in [0.3, 0.4) is 0 Å². The second-order valence-corrected chi connectivity index (χ2v) is 20.1. The zero-order chi connectivity index (χ0) is 55.5. The Morgan fingerprint density at radius 3 is 1.20 bits per heavy atom. The van der Waals surface area contributed by atoms with Crippen molar-refractivity contribution in [3.05, 3.63) is 0 Å². The van der Waals surface area contributed by atoms with Crippen molar-refractivity contribution < 1.29 is 103 Å². The summed E-state index contributed by atoms with van der Waals surface area (Å²) in [7, 11) is 1.56. The molecule has 13 N–H and O–H groups in total. The van der Waals surface area contributed by atoms with Crippen LogP contribution in [0.25, 0.3) is 0 Å². The number of amides is 4. The van der Waals surface area contributed by atoms with Crippen molar-refractivity contribution in [1.29, 1.82) is 0 Å². The van der Waals surface area contributed by atoms with E-state index in [1.807, 2.05) is 0 Å². The van der Waals surface area contributed by atoms with Crippen molar-refractivity contribution in [1.82, 2.24) is 21.3 Å². The van der Waals surface area contributed by atoms with Crippen molar-refractivity contribution >= 4 is 29.4 Å². The van der Waals surface area contributed by atoms with E-state index in [1.165, 1.54) is 0 Å². The van der Waals surface area contributed by atoms with Gasteiger partial charge in [0.1, 0.15) is 42.4 Å². The number of aliphatic hydroxyl groups excluding tert-OH is 9. The maximum atomic E-state index is 13.8. The number of aliphatic hydroxyl groups is 9. The monoisotopic (exact) mass is 1080 g/mol. The number of unbranched alkanes of at least 4 members (excludes halogenated alkanes) is 1. The number of methoxy groups -OCH3 is 1. The van der Waals surface area contributed by atoms with Gasteiger partial charge >= 0.3 is 0 Å². The number of Topliss-reactive ketones (excluding diaryl/α,β-unsaturated/α-hetero) is 1. The average Bonchev–Trinajstić information content (AvgIpc) is 3.39. The molecule has 3 fully saturated rings. The molecule has 4 amide bonds. The van der Waals surface area contributed by atoms with E-state index < -0.39 is 123 Å². The molecule has 75 heavy (non-hydrogen) atoms. The zero-order valence-corrected chi connectivity index (χ0v) is 44.3. The Labute approximate surface area is 440 Å². The number of nitrogens with one attached hydrogen (secondary N) is 4. The molecule has 3 aliphatic heterocycles. The molecule has 25 nitrogen and oxygen atoms in total. The quantitative estimate of drug-likeness (QED) is 0.0287. The molecule has 436 valence electrons. The number of ether oxygens (including phenoxy) is 7. The summed E-state index contributed by atoms with van der Waals surface area (Å²) >= 11 is 0. The summed E-state index contributed by atoms with van der Waals surface area (Å²) in [6.45, 7) is 4.96. The third-order valence-corrected chi connectivity index (χ3v) is 14.1. The van der Waals surface area contributed by atoms with Gasteiger partial charge in [0.2, 0.25) is 23.6 Å². The van der Waals surface area contributed by atoms with Crippen LogP contribution in [0.2, 0.25) is 0 Å². The lowest BCUT2D eigenvalue weighted by molar-refractivity contribution is -0.282. The molecule has 3 heterocycles. The van der Waals surface area contributed by atoms with E-state index in [-0.39, 0.29) is 121 Å². The first kappa shape index (κ1) is 66.2. The van der Waals surface area contributed by atoms with Crippen LogP contribution in [0.1, 0.15) is 117 Å². The lowest BCUT2D eigenvalue weighted by atomic mass is 9.82. The fourth-order valence-corrected chi connectivity index (χ4v) is 9.10. The van der Waals surface area contributed by atoms with Crippen molar-refractivity contribution in [2.75, 3.05) is 73.0 Å². The van der Waals surface area contributed by atoms with Gasteiger partial charge in [-0.1, -0.05) is 20.8 Å². The summed E-state index contributed by atoms with van der Waals surface area (Å²) in [5, 5.41) is 102. The first-order valence-electron chi connectivity index (χ1n) is 26.7. The molecule has 3 saturated heterocycles. The fourth-order valence-electron chi connectivity index (χ4n) is 9.10. The van der Waals surface area contributed by atoms with Gasteiger partial charge in [-0.15, -0.1) is 0 Å². The number of hydrogen-bond acceptors (Lipinski definition) is 21. The highest BCUT2D eigenvalue weighted by Crippen LogP contribution is 2.31. The molecule has 0 radical (unpaired) electrons. The van der Waals surface area contributed by atoms with E-state index in [0.29, 0.717) is 45.3 Å². The summed E-state index contributed by atoms with van der Waals surface area (Å²) in [5.74, 6) is -3.39. The Kier molecular flexibility index (Phi) is 31.3. The molecule has 0 spiro atoms. The van der Waals surface area contributed by atoms with Gasteiger partial charge in [-0.05, 0) is 57.8 Å². The topological polar surface area (TPSA) is 380 Å². The maximum Gasteiger partial charge on any atom is 0.220 e. The molecule has 15 atom stereocenters. The van der Waals surface area contributed by atoms with Crippen molar-refractivity contribution in [2.24, 2.45) is 17.8 Å². The highest BCUT2D eigenvalue weighted by atomic mass is 16.7. The van der Waals surface area contributed by atoms with Crippen LogP contribution in [-0.4, -0.2) is 228 Å². The van der Waals surface area contributed by atoms with Gasteiger partial charge in [-0.25, -0.2) is 0 Å². The molecule has 0 saturated carbocycles. The molecule has 0 bridgehead atoms. The number of carbonyl (C=O) groups excluding carboxylic acids is 5. The van der Waals surface area contributed by atoms with Gasteiger partial charge in [0.05, 0.1) is 51.3 Å². The largest absolute Gasteiger partial charge is 0.394 e. The van der Waals surface area contributed by atoms with Gasteiger partial charge < -0.3 is 100 Å². The lowest BCUT2D eigenvalue weighted by Gasteiger charge is -2.40. The number of hydrogen-bond donors (Lipinski definition) is 13. The minimum atomic E-state index is -1.28. The molecule has 0 aromatic carbocycles. The van der Waals surface area contributed by atoms with Crippen molar-refractivity contribution in [3.8, 4) is 0 Å². The molecule has 3 aliphatic rings. The van der Waals surface area contributed by atoms with E-state index in [1.54, 1.807) is 27.9 Å². The van der Waals surface area contributed by atoms with Crippen molar-refractivity contribution in [3.63, 3.8) is 0 Å². The van der Waals surface area contributed by atoms with Crippen molar-refractivity contribution in [2.45, 2.75) is 196 Å². The minimum Gasteiger partial charge on any atom is -0.394 e. The minimum absolute atomic E-state index is 0.0248. The Bertz CT molecular complexity index is 1510. The van der Waals surface area contributed by atoms with Gasteiger partial charge in [0.15, 0.2) is 18.9 Å². The summed E-state index contributed by atoms with van der Waals surface area (Å²) in [4.78, 5) is 66.6. The predicted molar refractivity (Wildman–Crippen MR) is 265 cm³/mol. The average molecular weight is 1080 g/mol. The van der Waals surface area contributed by atoms with E-state index in [9.17, 15) is 69.9 Å². The van der Waals surface area contributed by atoms with E-state index in [0.717, 1.165) is 0 Å². The van der Waals surface area contributed by atoms with E-state index >= 15 is 0 Å². The fraction of sp³-hybridized carbons (Fsp3) is 0.900. The molecule has 0 aromatic rings. The molecule has 0 aromatic heterocycles. The van der Waals surface area contributed by atoms with Gasteiger partial charge in [0, 0.05) is 102 Å². The number of rotatable bonds is 37. The second-order valence-electron chi connectivity index (χ2n) is 20.1. The molecule has 0 aliphatic carbocycles. The molecular formula is C50H90N4O21. The van der Waals surface area contributed by atoms with Crippen LogP contribution in [0.5, 0.6) is 0 Å². The third kappa shape index (κ3) is 22.7. The first-order valence-corrected chi connectivity index (χ1v) is 26.7. The standard InChI is InChI=1S/C50H90N4O21/c1-30-41(63)44(66)34(27-55)73-47(30)70-24-6-5-11-33(58)14-17-50(54-40(62)13-7-12-37(59)51-20-8-23-69-4,18-15-38(60)52-21-9-25-71-48-31(2)42(64)45(67)35(28-56)74-48)19-16-39(61)53-22-10-26-72-49-32(3)43(65)46(68)36(29-57)75-49/h30-32,34-36,41-49,55-57,63-68H,5-29H2,1-4H3,(H,51,59)(H,52,60)(H,53,61)(H,54,62)/t30-,31-,32-,34?,35?,36?,41?,42?,43?,44-,45-,46-,47+,48+,49+,50?/m0/s1. The van der Waals surface area contributed by atoms with Crippen LogP contribution >= 0.6 is 0 Å². The van der Waals surface area contributed by atoms with Gasteiger partial charge in [-0.3, -0.25) is 24.0 Å². The Hall–Kier alpha value is -3.09. The maximum absolute atomic E-state index is 13.8. The SMILES string of the molecule is COCCCNC(=O)CCCC(=O)NC(CCC(=O)CCCCO[C@@H]1OC(CO)[C@H](O)C(O)[C@@H]1C)(CCC(=O)NCCCO[C@@H]1OC(CO)[C@H](O)C(O)[C@@H]1C)CCC(=O)NCCCO[C@@H]1OC(CO)[C@H](O)C(O)[C@@H]1C. The molecular weight excluding hydrogens is 993 g/mol. The summed E-state index contributed by atoms with van der Waals surface area (Å²) in [6, 6.07) is 0. The summed E-state index contributed by atoms with van der Waals surface area (Å²) in [6.07, 6.45) is -10.8. The summed E-state index contributed by atoms with van der Waals surface area (Å²) < 4.78 is 39.2. The smallest absolute Gasteiger partial charge is 0.220 e. The van der Waals surface area contributed by atoms with Crippen LogP contribution in [0.4, 0.5) is 0 Å². The third-order valence-electron chi connectivity index (χ3n) is 14.1. The Morgan fingerprint density at radius 1 is 0.440 bits per heavy atom. The molecule has 3 rings (SSSR count). The Morgan fingerprint density at radius 2 is 0.800 bits per heavy atom. The highest BCUT2D eigenvalue weighted by molar-refractivity contribution is 5.81. The Balaban J connectivity index is 1.67. The lowest BCUT2D eigenvalue weighted by Crippen LogP contribution is -2.55. The van der Waals surface area contributed by atoms with Crippen LogP contribution in [-0.2, 0) is 57.1 Å². The predicted octanol–water partition coefficient (Wildman–Crippen LogP) is -2.47. The van der Waals surface area contributed by atoms with Gasteiger partial charge in [-0.2, -0.15) is 0 Å².